The van der Waals surface area contributed by atoms with E-state index in [4.69, 9.17) is 22.1 Å². The number of likely N-dealkylation sites (N-methyl/N-ethyl adjacent to an activating group) is 1. The molecule has 2 aromatic carbocycles. The molecule has 0 aromatic heterocycles. The van der Waals surface area contributed by atoms with E-state index in [1.807, 2.05) is 48.5 Å². The Balaban J connectivity index is 1.76. The number of hydrogen-bond acceptors (Lipinski definition) is 3. The van der Waals surface area contributed by atoms with Crippen molar-refractivity contribution in [2.24, 2.45) is 0 Å². The minimum absolute atomic E-state index is 0.609. The Morgan fingerprint density at radius 2 is 1.80 bits per heavy atom. The Kier molecular flexibility index (Phi) is 5.27. The van der Waals surface area contributed by atoms with Crippen LogP contribution >= 0.6 is 11.6 Å². The van der Waals surface area contributed by atoms with Gasteiger partial charge in [0.1, 0.15) is 12.4 Å². The van der Waals surface area contributed by atoms with E-state index in [1.54, 1.807) is 0 Å². The Labute approximate surface area is 124 Å². The SMILES string of the molecule is CN(CCOc1ccccc1N)Cc1ccc(Cl)cc1. The van der Waals surface area contributed by atoms with Gasteiger partial charge in [0, 0.05) is 18.1 Å². The lowest BCUT2D eigenvalue weighted by Gasteiger charge is -2.17. The minimum atomic E-state index is 0.609. The van der Waals surface area contributed by atoms with E-state index in [0.29, 0.717) is 12.3 Å². The normalized spacial score (nSPS) is 10.8. The van der Waals surface area contributed by atoms with Crippen molar-refractivity contribution in [1.29, 1.82) is 0 Å². The molecule has 0 unspecified atom stereocenters. The second kappa shape index (κ2) is 7.17. The lowest BCUT2D eigenvalue weighted by molar-refractivity contribution is 0.233. The molecule has 0 saturated heterocycles. The highest BCUT2D eigenvalue weighted by Crippen LogP contribution is 2.19. The van der Waals surface area contributed by atoms with Crippen LogP contribution in [0.15, 0.2) is 48.5 Å². The fraction of sp³-hybridized carbons (Fsp3) is 0.250. The molecule has 0 aliphatic carbocycles. The minimum Gasteiger partial charge on any atom is -0.490 e. The van der Waals surface area contributed by atoms with Crippen LogP contribution in [0, 0.1) is 0 Å². The van der Waals surface area contributed by atoms with Crippen LogP contribution in [0.1, 0.15) is 5.56 Å². The number of para-hydroxylation sites is 2. The molecule has 2 N–H and O–H groups in total. The van der Waals surface area contributed by atoms with E-state index in [0.717, 1.165) is 23.9 Å². The predicted octanol–water partition coefficient (Wildman–Crippen LogP) is 3.43. The maximum absolute atomic E-state index is 5.87. The van der Waals surface area contributed by atoms with Crippen LogP contribution in [0.4, 0.5) is 5.69 Å². The summed E-state index contributed by atoms with van der Waals surface area (Å²) in [5, 5.41) is 0.763. The van der Waals surface area contributed by atoms with Gasteiger partial charge in [-0.05, 0) is 36.9 Å². The van der Waals surface area contributed by atoms with E-state index in [1.165, 1.54) is 5.56 Å². The van der Waals surface area contributed by atoms with Gasteiger partial charge in [0.25, 0.3) is 0 Å². The Hall–Kier alpha value is -1.71. The molecule has 106 valence electrons. The first-order valence-electron chi connectivity index (χ1n) is 6.55. The zero-order valence-corrected chi connectivity index (χ0v) is 12.3. The number of anilines is 1. The highest BCUT2D eigenvalue weighted by atomic mass is 35.5. The summed E-state index contributed by atoms with van der Waals surface area (Å²) in [7, 11) is 2.06. The number of ether oxygens (including phenoxy) is 1. The summed E-state index contributed by atoms with van der Waals surface area (Å²) in [5.41, 5.74) is 7.73. The van der Waals surface area contributed by atoms with E-state index < -0.39 is 0 Å². The van der Waals surface area contributed by atoms with Crippen molar-refractivity contribution in [3.05, 3.63) is 59.1 Å². The van der Waals surface area contributed by atoms with Crippen molar-refractivity contribution < 1.29 is 4.74 Å². The molecular weight excluding hydrogens is 272 g/mol. The quantitative estimate of drug-likeness (QED) is 0.828. The standard InChI is InChI=1S/C16H19ClN2O/c1-19(12-13-6-8-14(17)9-7-13)10-11-20-16-5-3-2-4-15(16)18/h2-9H,10-12,18H2,1H3. The fourth-order valence-corrected chi connectivity index (χ4v) is 2.03. The summed E-state index contributed by atoms with van der Waals surface area (Å²) in [6.45, 7) is 2.31. The molecule has 0 bridgehead atoms. The summed E-state index contributed by atoms with van der Waals surface area (Å²) in [5.74, 6) is 0.743. The lowest BCUT2D eigenvalue weighted by Crippen LogP contribution is -2.24. The summed E-state index contributed by atoms with van der Waals surface area (Å²) in [6.07, 6.45) is 0. The highest BCUT2D eigenvalue weighted by Gasteiger charge is 2.02. The van der Waals surface area contributed by atoms with Crippen LogP contribution in [0.3, 0.4) is 0 Å². The number of nitrogens with zero attached hydrogens (tertiary/aromatic N) is 1. The van der Waals surface area contributed by atoms with Gasteiger partial charge in [-0.1, -0.05) is 35.9 Å². The monoisotopic (exact) mass is 290 g/mol. The highest BCUT2D eigenvalue weighted by molar-refractivity contribution is 6.30. The number of nitrogens with two attached hydrogens (primary N) is 1. The van der Waals surface area contributed by atoms with Crippen molar-refractivity contribution in [2.75, 3.05) is 25.9 Å². The molecule has 0 radical (unpaired) electrons. The zero-order chi connectivity index (χ0) is 14.4. The van der Waals surface area contributed by atoms with E-state index in [-0.39, 0.29) is 0 Å². The fourth-order valence-electron chi connectivity index (χ4n) is 1.90. The van der Waals surface area contributed by atoms with Crippen molar-refractivity contribution in [3.63, 3.8) is 0 Å². The molecule has 0 saturated carbocycles. The number of benzene rings is 2. The first kappa shape index (κ1) is 14.7. The molecule has 2 aromatic rings. The van der Waals surface area contributed by atoms with Gasteiger partial charge in [-0.15, -0.1) is 0 Å². The van der Waals surface area contributed by atoms with Gasteiger partial charge in [0.05, 0.1) is 5.69 Å². The zero-order valence-electron chi connectivity index (χ0n) is 11.6. The Morgan fingerprint density at radius 3 is 2.50 bits per heavy atom. The van der Waals surface area contributed by atoms with Gasteiger partial charge in [-0.3, -0.25) is 4.90 Å². The molecule has 3 nitrogen and oxygen atoms in total. The lowest BCUT2D eigenvalue weighted by atomic mass is 10.2. The summed E-state index contributed by atoms with van der Waals surface area (Å²) < 4.78 is 5.68. The predicted molar refractivity (Wildman–Crippen MR) is 84.1 cm³/mol. The van der Waals surface area contributed by atoms with E-state index in [2.05, 4.69) is 11.9 Å². The summed E-state index contributed by atoms with van der Waals surface area (Å²) in [6, 6.07) is 15.4. The molecular formula is C16H19ClN2O. The van der Waals surface area contributed by atoms with Gasteiger partial charge < -0.3 is 10.5 Å². The van der Waals surface area contributed by atoms with Gasteiger partial charge in [0.15, 0.2) is 0 Å². The average molecular weight is 291 g/mol. The number of halogens is 1. The van der Waals surface area contributed by atoms with Crippen LogP contribution in [0.2, 0.25) is 5.02 Å². The van der Waals surface area contributed by atoms with Crippen molar-refractivity contribution in [3.8, 4) is 5.75 Å². The number of hydrogen-bond donors (Lipinski definition) is 1. The molecule has 0 amide bonds. The number of nitrogen functional groups attached to an aromatic ring is 1. The number of rotatable bonds is 6. The molecule has 2 rings (SSSR count). The first-order chi connectivity index (χ1) is 9.65. The van der Waals surface area contributed by atoms with E-state index >= 15 is 0 Å². The molecule has 0 spiro atoms. The summed E-state index contributed by atoms with van der Waals surface area (Å²) in [4.78, 5) is 2.20. The largest absolute Gasteiger partial charge is 0.490 e. The van der Waals surface area contributed by atoms with Crippen LogP contribution in [0.25, 0.3) is 0 Å². The smallest absolute Gasteiger partial charge is 0.142 e. The van der Waals surface area contributed by atoms with Gasteiger partial charge in [-0.2, -0.15) is 0 Å². The van der Waals surface area contributed by atoms with Crippen molar-refractivity contribution in [1.82, 2.24) is 4.90 Å². The topological polar surface area (TPSA) is 38.5 Å². The average Bonchev–Trinajstić information content (AvgIpc) is 2.43. The summed E-state index contributed by atoms with van der Waals surface area (Å²) >= 11 is 5.87. The third-order valence-electron chi connectivity index (χ3n) is 3.02. The van der Waals surface area contributed by atoms with Crippen LogP contribution in [0.5, 0.6) is 5.75 Å². The Bertz CT molecular complexity index is 542. The molecule has 4 heteroatoms. The molecule has 0 aliphatic heterocycles. The molecule has 0 heterocycles. The van der Waals surface area contributed by atoms with Gasteiger partial charge in [0.2, 0.25) is 0 Å². The van der Waals surface area contributed by atoms with Crippen molar-refractivity contribution in [2.45, 2.75) is 6.54 Å². The van der Waals surface area contributed by atoms with E-state index in [9.17, 15) is 0 Å². The molecule has 20 heavy (non-hydrogen) atoms. The second-order valence-corrected chi connectivity index (χ2v) is 5.19. The molecule has 0 aliphatic rings. The third-order valence-corrected chi connectivity index (χ3v) is 3.27. The maximum Gasteiger partial charge on any atom is 0.142 e. The van der Waals surface area contributed by atoms with Gasteiger partial charge >= 0.3 is 0 Å². The van der Waals surface area contributed by atoms with Gasteiger partial charge in [-0.25, -0.2) is 0 Å². The van der Waals surface area contributed by atoms with Crippen molar-refractivity contribution >= 4 is 17.3 Å². The Morgan fingerprint density at radius 1 is 1.10 bits per heavy atom. The van der Waals surface area contributed by atoms with Crippen LogP contribution in [-0.2, 0) is 6.54 Å². The van der Waals surface area contributed by atoms with Crippen LogP contribution < -0.4 is 10.5 Å². The molecule has 0 fully saturated rings. The first-order valence-corrected chi connectivity index (χ1v) is 6.93. The maximum atomic E-state index is 5.87. The molecule has 0 atom stereocenters. The third kappa shape index (κ3) is 4.44. The van der Waals surface area contributed by atoms with Crippen LogP contribution in [-0.4, -0.2) is 25.1 Å². The second-order valence-electron chi connectivity index (χ2n) is 4.75.